The summed E-state index contributed by atoms with van der Waals surface area (Å²) in [5.41, 5.74) is 2.78. The molecule has 0 aliphatic heterocycles. The van der Waals surface area contributed by atoms with Gasteiger partial charge >= 0.3 is 0 Å². The number of aromatic amines is 1. The molecule has 0 aliphatic rings. The second-order valence-electron chi connectivity index (χ2n) is 5.54. The summed E-state index contributed by atoms with van der Waals surface area (Å²) in [6.07, 6.45) is 0. The first-order chi connectivity index (χ1) is 11.7. The van der Waals surface area contributed by atoms with Gasteiger partial charge in [0.05, 0.1) is 11.5 Å². The van der Waals surface area contributed by atoms with E-state index in [2.05, 4.69) is 41.5 Å². The first kappa shape index (κ1) is 16.6. The average molecular weight is 340 g/mol. The maximum atomic E-state index is 12.5. The molecule has 0 atom stereocenters. The summed E-state index contributed by atoms with van der Waals surface area (Å²) < 4.78 is 4.99. The van der Waals surface area contributed by atoms with Gasteiger partial charge in [-0.05, 0) is 25.1 Å². The molecule has 3 aromatic rings. The number of aryl methyl sites for hydroxylation is 1. The Labute approximate surface area is 145 Å². The number of para-hydroxylation sites is 1. The van der Waals surface area contributed by atoms with Crippen LogP contribution < -0.4 is 5.32 Å². The number of hydrogen-bond acceptors (Lipinski definition) is 3. The molecule has 1 heterocycles. The van der Waals surface area contributed by atoms with E-state index in [1.807, 2.05) is 24.3 Å². The highest BCUT2D eigenvalue weighted by atomic mass is 32.2. The number of H-pyrrole nitrogens is 1. The minimum Gasteiger partial charge on any atom is -0.383 e. The lowest BCUT2D eigenvalue weighted by Crippen LogP contribution is -2.27. The van der Waals surface area contributed by atoms with E-state index >= 15 is 0 Å². The monoisotopic (exact) mass is 340 g/mol. The van der Waals surface area contributed by atoms with Crippen LogP contribution in [0.4, 0.5) is 0 Å². The molecular formula is C19H20N2O2S. The van der Waals surface area contributed by atoms with Gasteiger partial charge in [0.2, 0.25) is 0 Å². The molecule has 2 aromatic carbocycles. The first-order valence-corrected chi connectivity index (χ1v) is 8.63. The Hall–Kier alpha value is -2.24. The Bertz CT molecular complexity index is 840. The van der Waals surface area contributed by atoms with E-state index in [-0.39, 0.29) is 5.91 Å². The summed E-state index contributed by atoms with van der Waals surface area (Å²) in [5.74, 6) is -0.113. The minimum absolute atomic E-state index is 0.113. The molecule has 0 fully saturated rings. The van der Waals surface area contributed by atoms with Gasteiger partial charge in [-0.3, -0.25) is 4.79 Å². The summed E-state index contributed by atoms with van der Waals surface area (Å²) in [5, 5.41) is 3.94. The summed E-state index contributed by atoms with van der Waals surface area (Å²) in [4.78, 5) is 17.8. The number of ether oxygens (including phenoxy) is 1. The number of methoxy groups -OCH3 is 1. The van der Waals surface area contributed by atoms with Gasteiger partial charge in [0.25, 0.3) is 5.91 Å². The second-order valence-corrected chi connectivity index (χ2v) is 6.62. The van der Waals surface area contributed by atoms with Crippen molar-refractivity contribution in [1.29, 1.82) is 0 Å². The summed E-state index contributed by atoms with van der Waals surface area (Å²) in [6.45, 7) is 3.04. The van der Waals surface area contributed by atoms with Gasteiger partial charge in [-0.15, -0.1) is 0 Å². The van der Waals surface area contributed by atoms with Crippen LogP contribution in [0.1, 0.15) is 16.1 Å². The van der Waals surface area contributed by atoms with Gasteiger partial charge in [-0.25, -0.2) is 0 Å². The molecule has 0 saturated carbocycles. The largest absolute Gasteiger partial charge is 0.383 e. The molecule has 3 rings (SSSR count). The molecule has 5 heteroatoms. The highest BCUT2D eigenvalue weighted by molar-refractivity contribution is 7.99. The third kappa shape index (κ3) is 3.63. The van der Waals surface area contributed by atoms with Crippen molar-refractivity contribution in [2.24, 2.45) is 0 Å². The Morgan fingerprint density at radius 3 is 2.67 bits per heavy atom. The number of amides is 1. The van der Waals surface area contributed by atoms with Crippen LogP contribution >= 0.6 is 11.8 Å². The van der Waals surface area contributed by atoms with E-state index in [1.165, 1.54) is 5.56 Å². The Morgan fingerprint density at radius 2 is 1.92 bits per heavy atom. The minimum atomic E-state index is -0.113. The summed E-state index contributed by atoms with van der Waals surface area (Å²) in [7, 11) is 1.62. The van der Waals surface area contributed by atoms with Crippen LogP contribution in [0, 0.1) is 6.92 Å². The molecule has 0 bridgehead atoms. The van der Waals surface area contributed by atoms with Crippen molar-refractivity contribution in [1.82, 2.24) is 10.3 Å². The maximum Gasteiger partial charge on any atom is 0.268 e. The molecule has 1 aromatic heterocycles. The number of hydrogen-bond donors (Lipinski definition) is 2. The van der Waals surface area contributed by atoms with E-state index in [1.54, 1.807) is 18.9 Å². The predicted molar refractivity (Wildman–Crippen MR) is 97.8 cm³/mol. The van der Waals surface area contributed by atoms with Gasteiger partial charge in [0, 0.05) is 29.5 Å². The second kappa shape index (κ2) is 7.55. The van der Waals surface area contributed by atoms with Crippen molar-refractivity contribution in [2.45, 2.75) is 16.7 Å². The molecule has 4 nitrogen and oxygen atoms in total. The fraction of sp³-hybridized carbons (Fsp3) is 0.211. The smallest absolute Gasteiger partial charge is 0.268 e. The number of nitrogens with one attached hydrogen (secondary N) is 2. The number of benzene rings is 2. The van der Waals surface area contributed by atoms with E-state index in [0.29, 0.717) is 18.8 Å². The maximum absolute atomic E-state index is 12.5. The van der Waals surface area contributed by atoms with Crippen molar-refractivity contribution in [2.75, 3.05) is 20.3 Å². The van der Waals surface area contributed by atoms with Crippen molar-refractivity contribution in [3.63, 3.8) is 0 Å². The fourth-order valence-electron chi connectivity index (χ4n) is 2.46. The average Bonchev–Trinajstić information content (AvgIpc) is 2.96. The molecule has 24 heavy (non-hydrogen) atoms. The molecule has 0 aliphatic carbocycles. The van der Waals surface area contributed by atoms with Crippen LogP contribution in [0.15, 0.2) is 58.3 Å². The topological polar surface area (TPSA) is 54.1 Å². The van der Waals surface area contributed by atoms with Crippen LogP contribution in [-0.2, 0) is 4.74 Å². The van der Waals surface area contributed by atoms with E-state index in [9.17, 15) is 4.79 Å². The number of carbonyl (C=O) groups excluding carboxylic acids is 1. The molecule has 0 saturated heterocycles. The van der Waals surface area contributed by atoms with E-state index < -0.39 is 0 Å². The fourth-order valence-corrected chi connectivity index (χ4v) is 3.50. The highest BCUT2D eigenvalue weighted by Crippen LogP contribution is 2.36. The number of rotatable bonds is 6. The van der Waals surface area contributed by atoms with E-state index in [0.717, 1.165) is 20.7 Å². The third-order valence-electron chi connectivity index (χ3n) is 3.72. The Balaban J connectivity index is 1.95. The van der Waals surface area contributed by atoms with Crippen LogP contribution in [0.25, 0.3) is 10.9 Å². The van der Waals surface area contributed by atoms with Crippen molar-refractivity contribution < 1.29 is 9.53 Å². The molecule has 124 valence electrons. The van der Waals surface area contributed by atoms with Gasteiger partial charge in [-0.2, -0.15) is 0 Å². The van der Waals surface area contributed by atoms with Crippen molar-refractivity contribution in [3.05, 3.63) is 59.8 Å². The zero-order valence-corrected chi connectivity index (χ0v) is 14.6. The molecule has 0 spiro atoms. The van der Waals surface area contributed by atoms with Gasteiger partial charge in [0.1, 0.15) is 5.69 Å². The molecule has 1 amide bonds. The number of fused-ring (bicyclic) bond motifs is 1. The van der Waals surface area contributed by atoms with Gasteiger partial charge < -0.3 is 15.0 Å². The van der Waals surface area contributed by atoms with Crippen LogP contribution in [0.5, 0.6) is 0 Å². The summed E-state index contributed by atoms with van der Waals surface area (Å²) in [6, 6.07) is 16.3. The Kier molecular flexibility index (Phi) is 5.23. The zero-order valence-electron chi connectivity index (χ0n) is 13.8. The number of carbonyl (C=O) groups is 1. The van der Waals surface area contributed by atoms with Gasteiger partial charge in [0.15, 0.2) is 0 Å². The third-order valence-corrected chi connectivity index (χ3v) is 4.85. The summed E-state index contributed by atoms with van der Waals surface area (Å²) >= 11 is 1.60. The highest BCUT2D eigenvalue weighted by Gasteiger charge is 2.18. The molecular weight excluding hydrogens is 320 g/mol. The lowest BCUT2D eigenvalue weighted by atomic mass is 10.2. The molecule has 2 N–H and O–H groups in total. The first-order valence-electron chi connectivity index (χ1n) is 7.81. The van der Waals surface area contributed by atoms with Gasteiger partial charge in [-0.1, -0.05) is 47.7 Å². The van der Waals surface area contributed by atoms with Crippen LogP contribution in [0.2, 0.25) is 0 Å². The zero-order chi connectivity index (χ0) is 16.9. The SMILES string of the molecule is COCCNC(=O)c1[nH]c2ccccc2c1Sc1ccc(C)cc1. The van der Waals surface area contributed by atoms with Crippen LogP contribution in [0.3, 0.4) is 0 Å². The lowest BCUT2D eigenvalue weighted by molar-refractivity contribution is 0.0930. The standard InChI is InChI=1S/C19H20N2O2S/c1-13-7-9-14(10-8-13)24-18-15-5-3-4-6-16(15)21-17(18)19(22)20-11-12-23-2/h3-10,21H,11-12H2,1-2H3,(H,20,22). The van der Waals surface area contributed by atoms with Crippen LogP contribution in [-0.4, -0.2) is 31.2 Å². The quantitative estimate of drug-likeness (QED) is 0.667. The molecule has 0 unspecified atom stereocenters. The lowest BCUT2D eigenvalue weighted by Gasteiger charge is -2.06. The van der Waals surface area contributed by atoms with Crippen molar-refractivity contribution in [3.8, 4) is 0 Å². The normalized spacial score (nSPS) is 10.9. The Morgan fingerprint density at radius 1 is 1.17 bits per heavy atom. The number of aromatic nitrogens is 1. The molecule has 0 radical (unpaired) electrons. The predicted octanol–water partition coefficient (Wildman–Crippen LogP) is 4.00. The van der Waals surface area contributed by atoms with Crippen molar-refractivity contribution >= 4 is 28.6 Å². The van der Waals surface area contributed by atoms with E-state index in [4.69, 9.17) is 4.74 Å².